The van der Waals surface area contributed by atoms with Crippen molar-refractivity contribution in [2.24, 2.45) is 0 Å². The summed E-state index contributed by atoms with van der Waals surface area (Å²) in [5, 5.41) is 11.8. The van der Waals surface area contributed by atoms with Gasteiger partial charge < -0.3 is 15.2 Å². The third kappa shape index (κ3) is 8.68. The molecule has 96 valence electrons. The van der Waals surface area contributed by atoms with E-state index in [0.717, 1.165) is 25.8 Å². The molecule has 0 aromatic carbocycles. The summed E-state index contributed by atoms with van der Waals surface area (Å²) >= 11 is 0. The van der Waals surface area contributed by atoms with Crippen molar-refractivity contribution in [3.63, 3.8) is 0 Å². The van der Waals surface area contributed by atoms with Gasteiger partial charge in [-0.05, 0) is 19.4 Å². The van der Waals surface area contributed by atoms with E-state index in [1.807, 2.05) is 6.92 Å². The number of nitrogens with one attached hydrogen (secondary N) is 1. The van der Waals surface area contributed by atoms with Gasteiger partial charge in [0.1, 0.15) is 6.04 Å². The molecule has 0 aromatic rings. The van der Waals surface area contributed by atoms with Crippen LogP contribution in [0.2, 0.25) is 0 Å². The summed E-state index contributed by atoms with van der Waals surface area (Å²) in [6.45, 7) is 5.82. The normalized spacial score (nSPS) is 12.6. The van der Waals surface area contributed by atoms with Crippen molar-refractivity contribution in [2.45, 2.75) is 52.0 Å². The molecule has 0 saturated heterocycles. The molecular weight excluding hydrogens is 206 g/mol. The Hall–Kier alpha value is -0.610. The maximum absolute atomic E-state index is 10.8. The molecule has 0 radical (unpaired) electrons. The molecule has 0 fully saturated rings. The van der Waals surface area contributed by atoms with Crippen molar-refractivity contribution in [3.05, 3.63) is 0 Å². The van der Waals surface area contributed by atoms with Crippen LogP contribution in [0.25, 0.3) is 0 Å². The van der Waals surface area contributed by atoms with Crippen molar-refractivity contribution in [1.29, 1.82) is 0 Å². The SMILES string of the molecule is CCCCCCOCC(NCCC)C(=O)O. The summed E-state index contributed by atoms with van der Waals surface area (Å²) in [5.74, 6) is -0.831. The number of aliphatic carboxylic acids is 1. The molecule has 0 aliphatic rings. The fourth-order valence-corrected chi connectivity index (χ4v) is 1.37. The van der Waals surface area contributed by atoms with Crippen molar-refractivity contribution in [3.8, 4) is 0 Å². The Bertz CT molecular complexity index is 174. The lowest BCUT2D eigenvalue weighted by Gasteiger charge is -2.13. The van der Waals surface area contributed by atoms with Crippen LogP contribution in [0.4, 0.5) is 0 Å². The molecule has 0 saturated carbocycles. The maximum atomic E-state index is 10.8. The molecule has 0 spiro atoms. The first kappa shape index (κ1) is 15.4. The average molecular weight is 231 g/mol. The molecule has 0 rings (SSSR count). The summed E-state index contributed by atoms with van der Waals surface area (Å²) in [7, 11) is 0. The maximum Gasteiger partial charge on any atom is 0.323 e. The van der Waals surface area contributed by atoms with Crippen LogP contribution in [0.1, 0.15) is 46.0 Å². The quantitative estimate of drug-likeness (QED) is 0.534. The number of carboxylic acid groups (broad SMARTS) is 1. The van der Waals surface area contributed by atoms with Gasteiger partial charge in [0.15, 0.2) is 0 Å². The van der Waals surface area contributed by atoms with Crippen LogP contribution in [0.15, 0.2) is 0 Å². The van der Waals surface area contributed by atoms with Gasteiger partial charge in [-0.15, -0.1) is 0 Å². The van der Waals surface area contributed by atoms with Crippen molar-refractivity contribution in [1.82, 2.24) is 5.32 Å². The van der Waals surface area contributed by atoms with Crippen LogP contribution in [0.5, 0.6) is 0 Å². The molecule has 0 aliphatic carbocycles. The van der Waals surface area contributed by atoms with Crippen LogP contribution in [0, 0.1) is 0 Å². The van der Waals surface area contributed by atoms with Gasteiger partial charge in [-0.2, -0.15) is 0 Å². The van der Waals surface area contributed by atoms with E-state index in [1.165, 1.54) is 12.8 Å². The predicted molar refractivity (Wildman–Crippen MR) is 64.7 cm³/mol. The highest BCUT2D eigenvalue weighted by Crippen LogP contribution is 1.99. The Morgan fingerprint density at radius 3 is 2.56 bits per heavy atom. The zero-order valence-electron chi connectivity index (χ0n) is 10.5. The molecular formula is C12H25NO3. The molecule has 1 unspecified atom stereocenters. The van der Waals surface area contributed by atoms with Gasteiger partial charge in [0.05, 0.1) is 6.61 Å². The van der Waals surface area contributed by atoms with Crippen LogP contribution >= 0.6 is 0 Å². The first-order valence-corrected chi connectivity index (χ1v) is 6.26. The standard InChI is InChI=1S/C12H25NO3/c1-3-5-6-7-9-16-10-11(12(14)15)13-8-4-2/h11,13H,3-10H2,1-2H3,(H,14,15). The zero-order chi connectivity index (χ0) is 12.2. The smallest absolute Gasteiger partial charge is 0.323 e. The number of hydrogen-bond acceptors (Lipinski definition) is 3. The van der Waals surface area contributed by atoms with Crippen LogP contribution in [-0.2, 0) is 9.53 Å². The number of hydrogen-bond donors (Lipinski definition) is 2. The van der Waals surface area contributed by atoms with Gasteiger partial charge in [0.25, 0.3) is 0 Å². The van der Waals surface area contributed by atoms with Gasteiger partial charge >= 0.3 is 5.97 Å². The minimum absolute atomic E-state index is 0.265. The minimum Gasteiger partial charge on any atom is -0.480 e. The van der Waals surface area contributed by atoms with Crippen LogP contribution in [-0.4, -0.2) is 36.9 Å². The predicted octanol–water partition coefficient (Wildman–Crippen LogP) is 2.04. The summed E-state index contributed by atoms with van der Waals surface area (Å²) in [6.07, 6.45) is 5.54. The summed E-state index contributed by atoms with van der Waals surface area (Å²) in [5.41, 5.74) is 0. The molecule has 0 heterocycles. The number of carbonyl (C=O) groups is 1. The molecule has 4 nitrogen and oxygen atoms in total. The second kappa shape index (κ2) is 10.9. The Morgan fingerprint density at radius 2 is 2.00 bits per heavy atom. The monoisotopic (exact) mass is 231 g/mol. The van der Waals surface area contributed by atoms with E-state index in [4.69, 9.17) is 9.84 Å². The van der Waals surface area contributed by atoms with Gasteiger partial charge in [0, 0.05) is 6.61 Å². The third-order valence-electron chi connectivity index (χ3n) is 2.37. The Morgan fingerprint density at radius 1 is 1.25 bits per heavy atom. The van der Waals surface area contributed by atoms with Crippen LogP contribution in [0.3, 0.4) is 0 Å². The summed E-state index contributed by atoms with van der Waals surface area (Å²) in [6, 6.07) is -0.564. The Balaban J connectivity index is 3.48. The summed E-state index contributed by atoms with van der Waals surface area (Å²) in [4.78, 5) is 10.8. The largest absolute Gasteiger partial charge is 0.480 e. The second-order valence-electron chi connectivity index (χ2n) is 3.98. The number of unbranched alkanes of at least 4 members (excludes halogenated alkanes) is 3. The molecule has 1 atom stereocenters. The Kier molecular flexibility index (Phi) is 10.5. The minimum atomic E-state index is -0.831. The zero-order valence-corrected chi connectivity index (χ0v) is 10.5. The van der Waals surface area contributed by atoms with Crippen LogP contribution < -0.4 is 5.32 Å². The molecule has 0 bridgehead atoms. The lowest BCUT2D eigenvalue weighted by molar-refractivity contribution is -0.141. The number of ether oxygens (including phenoxy) is 1. The molecule has 0 aliphatic heterocycles. The van der Waals surface area contributed by atoms with Gasteiger partial charge in [-0.3, -0.25) is 4.79 Å². The fourth-order valence-electron chi connectivity index (χ4n) is 1.37. The average Bonchev–Trinajstić information content (AvgIpc) is 2.26. The highest BCUT2D eigenvalue weighted by Gasteiger charge is 2.15. The topological polar surface area (TPSA) is 58.6 Å². The lowest BCUT2D eigenvalue weighted by Crippen LogP contribution is -2.41. The third-order valence-corrected chi connectivity index (χ3v) is 2.37. The second-order valence-corrected chi connectivity index (χ2v) is 3.98. The van der Waals surface area contributed by atoms with E-state index >= 15 is 0 Å². The van der Waals surface area contributed by atoms with Gasteiger partial charge in [0.2, 0.25) is 0 Å². The highest BCUT2D eigenvalue weighted by atomic mass is 16.5. The van der Waals surface area contributed by atoms with Crippen molar-refractivity contribution in [2.75, 3.05) is 19.8 Å². The van der Waals surface area contributed by atoms with Crippen molar-refractivity contribution < 1.29 is 14.6 Å². The first-order valence-electron chi connectivity index (χ1n) is 6.26. The van der Waals surface area contributed by atoms with Gasteiger partial charge in [-0.25, -0.2) is 0 Å². The molecule has 0 aromatic heterocycles. The van der Waals surface area contributed by atoms with E-state index in [9.17, 15) is 4.79 Å². The van der Waals surface area contributed by atoms with Gasteiger partial charge in [-0.1, -0.05) is 33.1 Å². The number of carboxylic acids is 1. The number of rotatable bonds is 11. The van der Waals surface area contributed by atoms with E-state index in [0.29, 0.717) is 6.61 Å². The Labute approximate surface area is 98.4 Å². The van der Waals surface area contributed by atoms with Crippen molar-refractivity contribution >= 4 is 5.97 Å². The lowest BCUT2D eigenvalue weighted by atomic mass is 10.2. The van der Waals surface area contributed by atoms with E-state index in [2.05, 4.69) is 12.2 Å². The molecule has 16 heavy (non-hydrogen) atoms. The molecule has 2 N–H and O–H groups in total. The van der Waals surface area contributed by atoms with E-state index < -0.39 is 12.0 Å². The van der Waals surface area contributed by atoms with E-state index in [-0.39, 0.29) is 6.61 Å². The fraction of sp³-hybridized carbons (Fsp3) is 0.917. The van der Waals surface area contributed by atoms with E-state index in [1.54, 1.807) is 0 Å². The highest BCUT2D eigenvalue weighted by molar-refractivity contribution is 5.73. The summed E-state index contributed by atoms with van der Waals surface area (Å²) < 4.78 is 5.36. The first-order chi connectivity index (χ1) is 7.72. The molecule has 0 amide bonds. The molecule has 4 heteroatoms.